The Bertz CT molecular complexity index is 1150. The minimum Gasteiger partial charge on any atom is -0.489 e. The van der Waals surface area contributed by atoms with Gasteiger partial charge in [-0.3, -0.25) is 4.79 Å². The molecule has 0 saturated carbocycles. The van der Waals surface area contributed by atoms with Crippen LogP contribution in [0.2, 0.25) is 10.0 Å². The first-order valence-corrected chi connectivity index (χ1v) is 9.57. The van der Waals surface area contributed by atoms with E-state index >= 15 is 0 Å². The van der Waals surface area contributed by atoms with Crippen LogP contribution in [-0.4, -0.2) is 5.78 Å². The molecule has 0 spiro atoms. The molecular weight excluding hydrogens is 414 g/mol. The SMILES string of the molecule is Cc1cc(OCc2ccc(Cl)c(Cl)c2)cc2c1C(=O)/C(=C/c1cccc(F)c1)O2. The van der Waals surface area contributed by atoms with E-state index in [1.807, 2.05) is 13.0 Å². The average Bonchev–Trinajstić information content (AvgIpc) is 2.98. The Morgan fingerprint density at radius 2 is 1.90 bits per heavy atom. The summed E-state index contributed by atoms with van der Waals surface area (Å²) in [5, 5.41) is 0.937. The fourth-order valence-corrected chi connectivity index (χ4v) is 3.43. The number of benzene rings is 3. The molecule has 0 bridgehead atoms. The zero-order valence-electron chi connectivity index (χ0n) is 15.3. The lowest BCUT2D eigenvalue weighted by Crippen LogP contribution is -2.00. The number of fused-ring (bicyclic) bond motifs is 1. The lowest BCUT2D eigenvalue weighted by Gasteiger charge is -2.10. The standard InChI is InChI=1S/C23H15Cl2FO3/c1-13-7-17(28-12-15-5-6-18(24)19(25)9-15)11-20-22(13)23(27)21(29-20)10-14-3-2-4-16(26)8-14/h2-11H,12H2,1H3/b21-10-. The van der Waals surface area contributed by atoms with Crippen molar-refractivity contribution in [1.29, 1.82) is 0 Å². The van der Waals surface area contributed by atoms with Crippen LogP contribution >= 0.6 is 23.2 Å². The first kappa shape index (κ1) is 19.5. The summed E-state index contributed by atoms with van der Waals surface area (Å²) >= 11 is 12.0. The Morgan fingerprint density at radius 1 is 1.07 bits per heavy atom. The molecule has 0 fully saturated rings. The van der Waals surface area contributed by atoms with E-state index in [2.05, 4.69) is 0 Å². The smallest absolute Gasteiger partial charge is 0.232 e. The summed E-state index contributed by atoms with van der Waals surface area (Å²) in [5.41, 5.74) is 2.63. The van der Waals surface area contributed by atoms with Gasteiger partial charge in [0.2, 0.25) is 5.78 Å². The van der Waals surface area contributed by atoms with Gasteiger partial charge in [0.15, 0.2) is 5.76 Å². The van der Waals surface area contributed by atoms with Gasteiger partial charge in [-0.2, -0.15) is 0 Å². The van der Waals surface area contributed by atoms with Crippen LogP contribution in [0.1, 0.15) is 27.0 Å². The van der Waals surface area contributed by atoms with E-state index in [0.29, 0.717) is 32.7 Å². The van der Waals surface area contributed by atoms with E-state index in [1.165, 1.54) is 18.2 Å². The molecular formula is C23H15Cl2FO3. The molecule has 0 unspecified atom stereocenters. The van der Waals surface area contributed by atoms with Crippen molar-refractivity contribution in [2.24, 2.45) is 0 Å². The molecule has 3 aromatic carbocycles. The van der Waals surface area contributed by atoms with Gasteiger partial charge in [0, 0.05) is 6.07 Å². The maximum Gasteiger partial charge on any atom is 0.232 e. The molecule has 0 aliphatic carbocycles. The Morgan fingerprint density at radius 3 is 2.66 bits per heavy atom. The third-order valence-corrected chi connectivity index (χ3v) is 5.22. The zero-order chi connectivity index (χ0) is 20.5. The van der Waals surface area contributed by atoms with Crippen LogP contribution < -0.4 is 9.47 Å². The Hall–Kier alpha value is -2.82. The summed E-state index contributed by atoms with van der Waals surface area (Å²) in [6, 6.07) is 14.7. The number of ketones is 1. The van der Waals surface area contributed by atoms with Gasteiger partial charge in [-0.15, -0.1) is 0 Å². The molecule has 0 amide bonds. The number of hydrogen-bond donors (Lipinski definition) is 0. The Balaban J connectivity index is 1.56. The fourth-order valence-electron chi connectivity index (χ4n) is 3.10. The summed E-state index contributed by atoms with van der Waals surface area (Å²) in [6.45, 7) is 2.10. The summed E-state index contributed by atoms with van der Waals surface area (Å²) < 4.78 is 25.0. The quantitative estimate of drug-likeness (QED) is 0.437. The van der Waals surface area contributed by atoms with Crippen LogP contribution in [0.25, 0.3) is 6.08 Å². The van der Waals surface area contributed by atoms with Crippen LogP contribution in [-0.2, 0) is 6.61 Å². The predicted octanol–water partition coefficient (Wildman–Crippen LogP) is 6.64. The summed E-state index contributed by atoms with van der Waals surface area (Å²) in [7, 11) is 0. The number of carbonyl (C=O) groups excluding carboxylic acids is 1. The molecule has 3 aromatic rings. The molecule has 1 aliphatic rings. The molecule has 0 radical (unpaired) electrons. The van der Waals surface area contributed by atoms with Crippen LogP contribution in [0.5, 0.6) is 11.5 Å². The van der Waals surface area contributed by atoms with Gasteiger partial charge in [0.05, 0.1) is 15.6 Å². The Labute approximate surface area is 177 Å². The van der Waals surface area contributed by atoms with Crippen molar-refractivity contribution in [2.75, 3.05) is 0 Å². The highest BCUT2D eigenvalue weighted by Gasteiger charge is 2.30. The molecule has 146 valence electrons. The van der Waals surface area contributed by atoms with Gasteiger partial charge in [0.1, 0.15) is 23.9 Å². The van der Waals surface area contributed by atoms with Gasteiger partial charge in [-0.05, 0) is 60.0 Å². The maximum absolute atomic E-state index is 13.4. The first-order chi connectivity index (χ1) is 13.9. The molecule has 0 saturated heterocycles. The number of allylic oxidation sites excluding steroid dienone is 1. The number of carbonyl (C=O) groups is 1. The monoisotopic (exact) mass is 428 g/mol. The van der Waals surface area contributed by atoms with Crippen molar-refractivity contribution in [3.05, 3.63) is 98.5 Å². The first-order valence-electron chi connectivity index (χ1n) is 8.82. The molecule has 6 heteroatoms. The minimum absolute atomic E-state index is 0.148. The number of halogens is 3. The lowest BCUT2D eigenvalue weighted by atomic mass is 10.0. The van der Waals surface area contributed by atoms with Gasteiger partial charge in [0.25, 0.3) is 0 Å². The molecule has 3 nitrogen and oxygen atoms in total. The second-order valence-corrected chi connectivity index (χ2v) is 7.46. The van der Waals surface area contributed by atoms with E-state index < -0.39 is 0 Å². The second-order valence-electron chi connectivity index (χ2n) is 6.65. The average molecular weight is 429 g/mol. The number of Topliss-reactive ketones (excluding diaryl/α,β-unsaturated/α-hetero) is 1. The maximum atomic E-state index is 13.4. The van der Waals surface area contributed by atoms with Crippen molar-refractivity contribution < 1.29 is 18.7 Å². The van der Waals surface area contributed by atoms with Crippen LogP contribution in [0.15, 0.2) is 60.4 Å². The fraction of sp³-hybridized carbons (Fsp3) is 0.0870. The van der Waals surface area contributed by atoms with Crippen molar-refractivity contribution >= 4 is 35.1 Å². The number of rotatable bonds is 4. The van der Waals surface area contributed by atoms with Crippen LogP contribution in [0.4, 0.5) is 4.39 Å². The predicted molar refractivity (Wildman–Crippen MR) is 111 cm³/mol. The summed E-state index contributed by atoms with van der Waals surface area (Å²) in [4.78, 5) is 12.7. The lowest BCUT2D eigenvalue weighted by molar-refractivity contribution is 0.101. The van der Waals surface area contributed by atoms with Crippen molar-refractivity contribution in [3.8, 4) is 11.5 Å². The van der Waals surface area contributed by atoms with Crippen molar-refractivity contribution in [3.63, 3.8) is 0 Å². The molecule has 0 atom stereocenters. The highest BCUT2D eigenvalue weighted by molar-refractivity contribution is 6.42. The highest BCUT2D eigenvalue weighted by atomic mass is 35.5. The number of aryl methyl sites for hydroxylation is 1. The molecule has 0 N–H and O–H groups in total. The molecule has 29 heavy (non-hydrogen) atoms. The highest BCUT2D eigenvalue weighted by Crippen LogP contribution is 2.37. The van der Waals surface area contributed by atoms with Crippen molar-refractivity contribution in [2.45, 2.75) is 13.5 Å². The van der Waals surface area contributed by atoms with E-state index in [4.69, 9.17) is 32.7 Å². The van der Waals surface area contributed by atoms with E-state index in [-0.39, 0.29) is 24.0 Å². The van der Waals surface area contributed by atoms with E-state index in [9.17, 15) is 9.18 Å². The van der Waals surface area contributed by atoms with Gasteiger partial charge in [-0.1, -0.05) is 41.4 Å². The van der Waals surface area contributed by atoms with Gasteiger partial charge in [-0.25, -0.2) is 4.39 Å². The minimum atomic E-state index is -0.378. The number of hydrogen-bond acceptors (Lipinski definition) is 3. The van der Waals surface area contributed by atoms with E-state index in [0.717, 1.165) is 11.1 Å². The van der Waals surface area contributed by atoms with Crippen LogP contribution in [0, 0.1) is 12.7 Å². The third kappa shape index (κ3) is 4.14. The third-order valence-electron chi connectivity index (χ3n) is 4.48. The summed E-state index contributed by atoms with van der Waals surface area (Å²) in [6.07, 6.45) is 1.53. The van der Waals surface area contributed by atoms with Gasteiger partial charge < -0.3 is 9.47 Å². The molecule has 4 rings (SSSR count). The van der Waals surface area contributed by atoms with Gasteiger partial charge >= 0.3 is 0 Å². The normalized spacial score (nSPS) is 14.1. The summed E-state index contributed by atoms with van der Waals surface area (Å²) in [5.74, 6) is 0.513. The number of ether oxygens (including phenoxy) is 2. The zero-order valence-corrected chi connectivity index (χ0v) is 16.9. The van der Waals surface area contributed by atoms with Crippen molar-refractivity contribution in [1.82, 2.24) is 0 Å². The molecule has 1 aliphatic heterocycles. The second kappa shape index (κ2) is 7.90. The van der Waals surface area contributed by atoms with E-state index in [1.54, 1.807) is 36.4 Å². The Kier molecular flexibility index (Phi) is 5.31. The van der Waals surface area contributed by atoms with Crippen LogP contribution in [0.3, 0.4) is 0 Å². The topological polar surface area (TPSA) is 35.5 Å². The molecule has 1 heterocycles. The molecule has 0 aromatic heterocycles. The largest absolute Gasteiger partial charge is 0.489 e.